The molecule has 0 radical (unpaired) electrons. The van der Waals surface area contributed by atoms with Gasteiger partial charge in [-0.1, -0.05) is 6.07 Å². The van der Waals surface area contributed by atoms with Crippen molar-refractivity contribution in [2.45, 2.75) is 13.0 Å². The lowest BCUT2D eigenvalue weighted by Crippen LogP contribution is -2.27. The molecule has 17 heavy (non-hydrogen) atoms. The van der Waals surface area contributed by atoms with Gasteiger partial charge >= 0.3 is 0 Å². The van der Waals surface area contributed by atoms with Gasteiger partial charge < -0.3 is 4.90 Å². The summed E-state index contributed by atoms with van der Waals surface area (Å²) in [4.78, 5) is 16.0. The smallest absolute Gasteiger partial charge is 0.227 e. The molecule has 2 heterocycles. The second-order valence-corrected chi connectivity index (χ2v) is 6.68. The van der Waals surface area contributed by atoms with Crippen molar-refractivity contribution in [3.8, 4) is 0 Å². The third kappa shape index (κ3) is 3.66. The highest BCUT2D eigenvalue weighted by Gasteiger charge is 2.11. The second kappa shape index (κ2) is 5.80. The van der Waals surface area contributed by atoms with Crippen LogP contribution in [0.1, 0.15) is 9.75 Å². The van der Waals surface area contributed by atoms with E-state index in [0.29, 0.717) is 13.0 Å². The summed E-state index contributed by atoms with van der Waals surface area (Å²) >= 11 is 6.71. The van der Waals surface area contributed by atoms with E-state index >= 15 is 0 Å². The lowest BCUT2D eigenvalue weighted by molar-refractivity contribution is -0.129. The van der Waals surface area contributed by atoms with E-state index in [-0.39, 0.29) is 5.91 Å². The van der Waals surface area contributed by atoms with E-state index in [9.17, 15) is 4.79 Å². The number of carbonyl (C=O) groups excluding carboxylic acids is 1. The first-order valence-electron chi connectivity index (χ1n) is 5.14. The molecule has 0 atom stereocenters. The van der Waals surface area contributed by atoms with Crippen molar-refractivity contribution in [1.29, 1.82) is 0 Å². The Bertz CT molecular complexity index is 492. The lowest BCUT2D eigenvalue weighted by atomic mass is 10.3. The molecule has 5 heteroatoms. The Morgan fingerprint density at radius 3 is 2.82 bits per heavy atom. The van der Waals surface area contributed by atoms with Crippen LogP contribution in [-0.2, 0) is 17.8 Å². The third-order valence-corrected chi connectivity index (χ3v) is 4.90. The average Bonchev–Trinajstić information content (AvgIpc) is 2.90. The number of hydrogen-bond donors (Lipinski definition) is 0. The van der Waals surface area contributed by atoms with Crippen molar-refractivity contribution >= 4 is 44.5 Å². The molecule has 1 amide bonds. The summed E-state index contributed by atoms with van der Waals surface area (Å²) in [5, 5.41) is 4.03. The van der Waals surface area contributed by atoms with Gasteiger partial charge in [0.2, 0.25) is 5.91 Å². The minimum atomic E-state index is 0.164. The Kier molecular flexibility index (Phi) is 4.36. The second-order valence-electron chi connectivity index (χ2n) is 3.74. The van der Waals surface area contributed by atoms with Gasteiger partial charge in [-0.3, -0.25) is 4.79 Å². The monoisotopic (exact) mass is 329 g/mol. The zero-order valence-electron chi connectivity index (χ0n) is 9.35. The maximum absolute atomic E-state index is 11.9. The number of hydrogen-bond acceptors (Lipinski definition) is 3. The molecule has 2 nitrogen and oxygen atoms in total. The van der Waals surface area contributed by atoms with Crippen LogP contribution < -0.4 is 0 Å². The van der Waals surface area contributed by atoms with Crippen LogP contribution in [0.5, 0.6) is 0 Å². The molecule has 2 rings (SSSR count). The Balaban J connectivity index is 1.91. The van der Waals surface area contributed by atoms with Crippen LogP contribution in [0, 0.1) is 0 Å². The molecule has 0 aliphatic heterocycles. The molecule has 0 unspecified atom stereocenters. The summed E-state index contributed by atoms with van der Waals surface area (Å²) in [6.45, 7) is 0.681. The van der Waals surface area contributed by atoms with E-state index in [2.05, 4.69) is 22.0 Å². The van der Waals surface area contributed by atoms with Crippen molar-refractivity contribution in [2.24, 2.45) is 0 Å². The highest BCUT2D eigenvalue weighted by atomic mass is 79.9. The molecule has 0 aromatic carbocycles. The number of thiophene rings is 2. The summed E-state index contributed by atoms with van der Waals surface area (Å²) in [6, 6.07) is 6.03. The summed E-state index contributed by atoms with van der Waals surface area (Å²) in [5.41, 5.74) is 0. The van der Waals surface area contributed by atoms with Gasteiger partial charge in [-0.25, -0.2) is 0 Å². The molecular formula is C12H12BrNOS2. The summed E-state index contributed by atoms with van der Waals surface area (Å²) in [7, 11) is 1.85. The number of likely N-dealkylation sites (N-methyl/N-ethyl adjacent to an activating group) is 1. The van der Waals surface area contributed by atoms with Gasteiger partial charge in [0.25, 0.3) is 0 Å². The average molecular weight is 330 g/mol. The fourth-order valence-corrected chi connectivity index (χ4v) is 3.66. The largest absolute Gasteiger partial charge is 0.340 e. The van der Waals surface area contributed by atoms with E-state index in [4.69, 9.17) is 0 Å². The van der Waals surface area contributed by atoms with Gasteiger partial charge in [0.1, 0.15) is 0 Å². The minimum Gasteiger partial charge on any atom is -0.340 e. The molecule has 2 aromatic heterocycles. The van der Waals surface area contributed by atoms with Gasteiger partial charge in [-0.05, 0) is 33.4 Å². The highest BCUT2D eigenvalue weighted by Crippen LogP contribution is 2.21. The van der Waals surface area contributed by atoms with Gasteiger partial charge in [-0.2, -0.15) is 0 Å². The predicted octanol–water partition coefficient (Wildman–Crippen LogP) is 3.77. The van der Waals surface area contributed by atoms with Crippen LogP contribution in [0.4, 0.5) is 0 Å². The fraction of sp³-hybridized carbons (Fsp3) is 0.250. The van der Waals surface area contributed by atoms with Crippen molar-refractivity contribution in [2.75, 3.05) is 7.05 Å². The van der Waals surface area contributed by atoms with Crippen LogP contribution in [0.2, 0.25) is 0 Å². The minimum absolute atomic E-state index is 0.164. The summed E-state index contributed by atoms with van der Waals surface area (Å²) in [5.74, 6) is 0.164. The molecular weight excluding hydrogens is 318 g/mol. The van der Waals surface area contributed by atoms with Crippen LogP contribution in [0.3, 0.4) is 0 Å². The van der Waals surface area contributed by atoms with Crippen molar-refractivity contribution < 1.29 is 4.79 Å². The van der Waals surface area contributed by atoms with E-state index in [1.165, 1.54) is 4.88 Å². The van der Waals surface area contributed by atoms with Crippen LogP contribution in [-0.4, -0.2) is 17.9 Å². The van der Waals surface area contributed by atoms with Crippen molar-refractivity contribution in [3.63, 3.8) is 0 Å². The van der Waals surface area contributed by atoms with Gasteiger partial charge in [0, 0.05) is 26.7 Å². The first-order valence-corrected chi connectivity index (χ1v) is 7.69. The van der Waals surface area contributed by atoms with Gasteiger partial charge in [0.05, 0.1) is 13.0 Å². The van der Waals surface area contributed by atoms with Crippen LogP contribution in [0.25, 0.3) is 0 Å². The maximum atomic E-state index is 11.9. The molecule has 0 N–H and O–H groups in total. The summed E-state index contributed by atoms with van der Waals surface area (Å²) in [6.07, 6.45) is 0.501. The SMILES string of the molecule is CN(Cc1cc(Br)cs1)C(=O)Cc1cccs1. The molecule has 0 aliphatic carbocycles. The molecule has 90 valence electrons. The van der Waals surface area contributed by atoms with Crippen LogP contribution >= 0.6 is 38.6 Å². The first kappa shape index (κ1) is 12.8. The van der Waals surface area contributed by atoms with E-state index in [0.717, 1.165) is 9.35 Å². The molecule has 0 fully saturated rings. The third-order valence-electron chi connectivity index (χ3n) is 2.35. The molecule has 0 spiro atoms. The number of carbonyl (C=O) groups is 1. The molecule has 0 bridgehead atoms. The Morgan fingerprint density at radius 1 is 1.41 bits per heavy atom. The van der Waals surface area contributed by atoms with Gasteiger partial charge in [-0.15, -0.1) is 22.7 Å². The standard InChI is InChI=1S/C12H12BrNOS2/c1-14(7-11-5-9(13)8-17-11)12(15)6-10-3-2-4-16-10/h2-5,8H,6-7H2,1H3. The lowest BCUT2D eigenvalue weighted by Gasteiger charge is -2.15. The number of amides is 1. The van der Waals surface area contributed by atoms with Crippen LogP contribution in [0.15, 0.2) is 33.4 Å². The Hall–Kier alpha value is -0.650. The molecule has 2 aromatic rings. The molecule has 0 saturated carbocycles. The summed E-state index contributed by atoms with van der Waals surface area (Å²) < 4.78 is 1.08. The molecule has 0 aliphatic rings. The van der Waals surface area contributed by atoms with Crippen molar-refractivity contribution in [1.82, 2.24) is 4.90 Å². The first-order chi connectivity index (χ1) is 8.15. The van der Waals surface area contributed by atoms with Crippen molar-refractivity contribution in [3.05, 3.63) is 43.2 Å². The zero-order chi connectivity index (χ0) is 12.3. The maximum Gasteiger partial charge on any atom is 0.227 e. The quantitative estimate of drug-likeness (QED) is 0.836. The Labute approximate surface area is 117 Å². The van der Waals surface area contributed by atoms with E-state index < -0.39 is 0 Å². The normalized spacial score (nSPS) is 10.5. The van der Waals surface area contributed by atoms with E-state index in [1.807, 2.05) is 29.9 Å². The predicted molar refractivity (Wildman–Crippen MR) is 76.5 cm³/mol. The topological polar surface area (TPSA) is 20.3 Å². The number of nitrogens with zero attached hydrogens (tertiary/aromatic N) is 1. The van der Waals surface area contributed by atoms with Gasteiger partial charge in [0.15, 0.2) is 0 Å². The van der Waals surface area contributed by atoms with E-state index in [1.54, 1.807) is 27.6 Å². The molecule has 0 saturated heterocycles. The fourth-order valence-electron chi connectivity index (χ4n) is 1.46. The highest BCUT2D eigenvalue weighted by molar-refractivity contribution is 9.10. The Morgan fingerprint density at radius 2 is 2.24 bits per heavy atom. The number of halogens is 1. The number of rotatable bonds is 4. The zero-order valence-corrected chi connectivity index (χ0v) is 12.6.